The van der Waals surface area contributed by atoms with Crippen molar-refractivity contribution in [3.8, 4) is 0 Å². The van der Waals surface area contributed by atoms with Gasteiger partial charge in [0.15, 0.2) is 0 Å². The van der Waals surface area contributed by atoms with Crippen LogP contribution in [0.5, 0.6) is 0 Å². The maximum absolute atomic E-state index is 4.14. The van der Waals surface area contributed by atoms with E-state index in [0.717, 1.165) is 34.1 Å². The molecule has 0 aliphatic carbocycles. The van der Waals surface area contributed by atoms with E-state index in [9.17, 15) is 0 Å². The summed E-state index contributed by atoms with van der Waals surface area (Å²) in [4.78, 5) is 4.62. The number of hydrogen-bond donors (Lipinski definition) is 0. The molecule has 0 amide bonds. The lowest BCUT2D eigenvalue weighted by atomic mass is 9.91. The van der Waals surface area contributed by atoms with E-state index in [0.29, 0.717) is 0 Å². The summed E-state index contributed by atoms with van der Waals surface area (Å²) in [5.74, 6) is 0. The van der Waals surface area contributed by atoms with Crippen LogP contribution < -0.4 is 9.80 Å². The van der Waals surface area contributed by atoms with Crippen LogP contribution in [-0.2, 0) is 0 Å². The third-order valence-electron chi connectivity index (χ3n) is 7.90. The second-order valence-corrected chi connectivity index (χ2v) is 10.3. The van der Waals surface area contributed by atoms with Crippen molar-refractivity contribution in [2.24, 2.45) is 0 Å². The summed E-state index contributed by atoms with van der Waals surface area (Å²) in [7, 11) is 0. The molecule has 7 aromatic carbocycles. The summed E-state index contributed by atoms with van der Waals surface area (Å²) in [6, 6.07) is 49.7. The summed E-state index contributed by atoms with van der Waals surface area (Å²) in [5, 5.41) is 7.37. The van der Waals surface area contributed by atoms with Gasteiger partial charge in [-0.15, -0.1) is 0 Å². The molecule has 0 saturated heterocycles. The van der Waals surface area contributed by atoms with E-state index in [1.807, 2.05) is 24.3 Å². The maximum atomic E-state index is 4.14. The molecule has 42 heavy (non-hydrogen) atoms. The number of allylic oxidation sites excluding steroid dienone is 3. The molecule has 7 aromatic rings. The molecule has 0 saturated carbocycles. The van der Waals surface area contributed by atoms with Gasteiger partial charge in [-0.25, -0.2) is 0 Å². The molecular formula is C40H30N2. The first-order valence-corrected chi connectivity index (χ1v) is 14.2. The SMILES string of the molecule is C=C/C=C(\C=C)N(c1ccccc1)c1ccc2ccc3c(N(c4ccccc4)c4ccccc4)ccc4ccc1c2c43. The monoisotopic (exact) mass is 538 g/mol. The number of rotatable bonds is 8. The van der Waals surface area contributed by atoms with E-state index in [-0.39, 0.29) is 0 Å². The number of anilines is 5. The van der Waals surface area contributed by atoms with Crippen LogP contribution in [-0.4, -0.2) is 0 Å². The third-order valence-corrected chi connectivity index (χ3v) is 7.90. The van der Waals surface area contributed by atoms with Gasteiger partial charge in [0.05, 0.1) is 11.4 Å². The molecule has 0 N–H and O–H groups in total. The highest BCUT2D eigenvalue weighted by atomic mass is 15.2. The fourth-order valence-corrected chi connectivity index (χ4v) is 6.10. The van der Waals surface area contributed by atoms with Gasteiger partial charge in [0.1, 0.15) is 0 Å². The van der Waals surface area contributed by atoms with Gasteiger partial charge in [0.25, 0.3) is 0 Å². The summed E-state index contributed by atoms with van der Waals surface area (Å²) in [6.45, 7) is 8.11. The molecule has 0 heterocycles. The van der Waals surface area contributed by atoms with Crippen molar-refractivity contribution in [1.29, 1.82) is 0 Å². The van der Waals surface area contributed by atoms with Crippen LogP contribution in [0, 0.1) is 0 Å². The van der Waals surface area contributed by atoms with Crippen molar-refractivity contribution in [3.63, 3.8) is 0 Å². The van der Waals surface area contributed by atoms with E-state index in [1.54, 1.807) is 0 Å². The highest BCUT2D eigenvalue weighted by Crippen LogP contribution is 2.46. The standard InChI is InChI=1S/C40H30N2/c1-3-14-31(4-2)41(32-15-8-5-9-16-32)37-27-23-29-22-26-36-38(28-24-30-21-25-35(37)39(29)40(30)36)42(33-17-10-6-11-18-33)34-19-12-7-13-20-34/h3-28H,1-2H2/b31-14+. The van der Waals surface area contributed by atoms with E-state index < -0.39 is 0 Å². The molecule has 0 radical (unpaired) electrons. The van der Waals surface area contributed by atoms with Crippen LogP contribution in [0.3, 0.4) is 0 Å². The van der Waals surface area contributed by atoms with Crippen molar-refractivity contribution >= 4 is 60.8 Å². The molecule has 2 nitrogen and oxygen atoms in total. The lowest BCUT2D eigenvalue weighted by molar-refractivity contribution is 1.22. The average molecular weight is 539 g/mol. The molecule has 0 fully saturated rings. The maximum Gasteiger partial charge on any atom is 0.0540 e. The summed E-state index contributed by atoms with van der Waals surface area (Å²) >= 11 is 0. The molecule has 0 spiro atoms. The smallest absolute Gasteiger partial charge is 0.0540 e. The Balaban J connectivity index is 1.53. The Labute approximate surface area is 246 Å². The molecule has 2 heteroatoms. The largest absolute Gasteiger partial charge is 0.310 e. The van der Waals surface area contributed by atoms with Gasteiger partial charge in [-0.2, -0.15) is 0 Å². The third kappa shape index (κ3) is 4.22. The summed E-state index contributed by atoms with van der Waals surface area (Å²) < 4.78 is 0. The quantitative estimate of drug-likeness (QED) is 0.140. The molecule has 200 valence electrons. The Kier molecular flexibility index (Phi) is 6.50. The van der Waals surface area contributed by atoms with Gasteiger partial charge in [-0.05, 0) is 82.2 Å². The van der Waals surface area contributed by atoms with Crippen molar-refractivity contribution in [3.05, 3.63) is 177 Å². The second kappa shape index (κ2) is 10.8. The van der Waals surface area contributed by atoms with E-state index in [4.69, 9.17) is 0 Å². The topological polar surface area (TPSA) is 6.48 Å². The van der Waals surface area contributed by atoms with Gasteiger partial charge in [-0.3, -0.25) is 0 Å². The minimum Gasteiger partial charge on any atom is -0.310 e. The van der Waals surface area contributed by atoms with Crippen LogP contribution in [0.1, 0.15) is 0 Å². The normalized spacial score (nSPS) is 11.7. The Hall–Kier alpha value is -5.60. The predicted octanol–water partition coefficient (Wildman–Crippen LogP) is 11.4. The van der Waals surface area contributed by atoms with Crippen molar-refractivity contribution in [2.75, 3.05) is 9.80 Å². The lowest BCUT2D eigenvalue weighted by Gasteiger charge is -2.29. The van der Waals surface area contributed by atoms with Crippen LogP contribution in [0.15, 0.2) is 177 Å². The van der Waals surface area contributed by atoms with E-state index >= 15 is 0 Å². The second-order valence-electron chi connectivity index (χ2n) is 10.3. The van der Waals surface area contributed by atoms with Crippen LogP contribution >= 0.6 is 0 Å². The minimum absolute atomic E-state index is 0.964. The van der Waals surface area contributed by atoms with Gasteiger partial charge in [0.2, 0.25) is 0 Å². The van der Waals surface area contributed by atoms with Crippen LogP contribution in [0.4, 0.5) is 28.4 Å². The average Bonchev–Trinajstić information content (AvgIpc) is 3.06. The molecule has 0 atom stereocenters. The van der Waals surface area contributed by atoms with Crippen LogP contribution in [0.2, 0.25) is 0 Å². The Morgan fingerprint density at radius 2 is 0.929 bits per heavy atom. The highest BCUT2D eigenvalue weighted by Gasteiger charge is 2.21. The number of benzene rings is 7. The Morgan fingerprint density at radius 3 is 1.43 bits per heavy atom. The zero-order valence-electron chi connectivity index (χ0n) is 23.3. The molecule has 0 aliphatic rings. The van der Waals surface area contributed by atoms with E-state index in [1.165, 1.54) is 32.3 Å². The van der Waals surface area contributed by atoms with Gasteiger partial charge in [0, 0.05) is 33.5 Å². The lowest BCUT2D eigenvalue weighted by Crippen LogP contribution is -2.15. The molecular weight excluding hydrogens is 508 g/mol. The highest BCUT2D eigenvalue weighted by molar-refractivity contribution is 6.28. The first-order chi connectivity index (χ1) is 20.8. The van der Waals surface area contributed by atoms with Crippen molar-refractivity contribution in [2.45, 2.75) is 0 Å². The minimum atomic E-state index is 0.964. The Morgan fingerprint density at radius 1 is 0.476 bits per heavy atom. The molecule has 0 bridgehead atoms. The fraction of sp³-hybridized carbons (Fsp3) is 0. The molecule has 0 aromatic heterocycles. The van der Waals surface area contributed by atoms with Crippen molar-refractivity contribution in [1.82, 2.24) is 0 Å². The van der Waals surface area contributed by atoms with Crippen molar-refractivity contribution < 1.29 is 0 Å². The number of nitrogens with zero attached hydrogens (tertiary/aromatic N) is 2. The van der Waals surface area contributed by atoms with Crippen LogP contribution in [0.25, 0.3) is 32.3 Å². The molecule has 0 unspecified atom stereocenters. The molecule has 7 rings (SSSR count). The van der Waals surface area contributed by atoms with Gasteiger partial charge < -0.3 is 9.80 Å². The van der Waals surface area contributed by atoms with Gasteiger partial charge >= 0.3 is 0 Å². The summed E-state index contributed by atoms with van der Waals surface area (Å²) in [6.07, 6.45) is 5.72. The Bertz CT molecular complexity index is 2020. The van der Waals surface area contributed by atoms with Gasteiger partial charge in [-0.1, -0.05) is 110 Å². The zero-order chi connectivity index (χ0) is 28.5. The number of hydrogen-bond acceptors (Lipinski definition) is 2. The fourth-order valence-electron chi connectivity index (χ4n) is 6.10. The zero-order valence-corrected chi connectivity index (χ0v) is 23.3. The van der Waals surface area contributed by atoms with E-state index in [2.05, 4.69) is 156 Å². The number of para-hydroxylation sites is 3. The molecule has 0 aliphatic heterocycles. The summed E-state index contributed by atoms with van der Waals surface area (Å²) in [5.41, 5.74) is 6.54. The predicted molar refractivity (Wildman–Crippen MR) is 182 cm³/mol. The first-order valence-electron chi connectivity index (χ1n) is 14.2. The first kappa shape index (κ1) is 25.4.